The minimum atomic E-state index is -3.63. The number of hydrogen-bond acceptors (Lipinski definition) is 7. The molecule has 1 aromatic carbocycles. The first-order valence-corrected chi connectivity index (χ1v) is 11.9. The van der Waals surface area contributed by atoms with Crippen LogP contribution < -0.4 is 19.5 Å². The average molecular weight is 466 g/mol. The predicted octanol–water partition coefficient (Wildman–Crippen LogP) is 1.10. The van der Waals surface area contributed by atoms with Gasteiger partial charge >= 0.3 is 0 Å². The molecular weight excluding hydrogens is 438 g/mol. The fourth-order valence-corrected chi connectivity index (χ4v) is 5.26. The molecule has 0 bridgehead atoms. The number of aliphatic hydroxyl groups excluding tert-OH is 1. The molecule has 174 valence electrons. The van der Waals surface area contributed by atoms with Gasteiger partial charge in [0.15, 0.2) is 11.5 Å². The van der Waals surface area contributed by atoms with E-state index in [2.05, 4.69) is 5.32 Å². The van der Waals surface area contributed by atoms with Gasteiger partial charge in [-0.05, 0) is 31.0 Å². The molecular formula is C21H27N3O7S. The number of carbonyl (C=O) groups is 1. The average Bonchev–Trinajstić information content (AvgIpc) is 3.43. The molecule has 2 aliphatic rings. The van der Waals surface area contributed by atoms with Crippen molar-refractivity contribution in [2.75, 3.05) is 33.0 Å². The highest BCUT2D eigenvalue weighted by Crippen LogP contribution is 2.35. The summed E-state index contributed by atoms with van der Waals surface area (Å²) in [6.07, 6.45) is 3.19. The van der Waals surface area contributed by atoms with Crippen LogP contribution in [0.15, 0.2) is 35.4 Å². The van der Waals surface area contributed by atoms with Crippen molar-refractivity contribution in [3.8, 4) is 17.2 Å². The molecule has 0 saturated carbocycles. The molecule has 0 aliphatic carbocycles. The zero-order chi connectivity index (χ0) is 22.7. The summed E-state index contributed by atoms with van der Waals surface area (Å²) < 4.78 is 44.7. The molecule has 2 N–H and O–H groups in total. The summed E-state index contributed by atoms with van der Waals surface area (Å²) in [5, 5.41) is 12.8. The lowest BCUT2D eigenvalue weighted by atomic mass is 10.2. The number of amides is 1. The maximum Gasteiger partial charge on any atom is 0.268 e. The van der Waals surface area contributed by atoms with Crippen LogP contribution in [0.3, 0.4) is 0 Å². The van der Waals surface area contributed by atoms with E-state index in [1.165, 1.54) is 21.1 Å². The molecule has 11 heteroatoms. The van der Waals surface area contributed by atoms with Crippen molar-refractivity contribution in [3.05, 3.63) is 36.2 Å². The summed E-state index contributed by atoms with van der Waals surface area (Å²) >= 11 is 0. The van der Waals surface area contributed by atoms with Gasteiger partial charge < -0.3 is 29.2 Å². The van der Waals surface area contributed by atoms with Gasteiger partial charge in [0.2, 0.25) is 16.8 Å². The van der Waals surface area contributed by atoms with Gasteiger partial charge in [-0.1, -0.05) is 6.42 Å². The standard InChI is InChI=1S/C21H27N3O7S/c1-23-12-17(32(27,28)24-7-3-2-4-8-24)10-18(23)21(26)22-11-15(25)13-29-16-5-6-19-20(9-16)31-14-30-19/h5-6,9-10,12,15,25H,2-4,7-8,11,13-14H2,1H3,(H,22,26). The van der Waals surface area contributed by atoms with Crippen LogP contribution in [0.5, 0.6) is 17.2 Å². The van der Waals surface area contributed by atoms with E-state index in [1.54, 1.807) is 25.2 Å². The number of aliphatic hydroxyl groups is 1. The second-order valence-corrected chi connectivity index (χ2v) is 9.76. The molecule has 2 aromatic rings. The van der Waals surface area contributed by atoms with Crippen molar-refractivity contribution in [2.45, 2.75) is 30.3 Å². The lowest BCUT2D eigenvalue weighted by molar-refractivity contribution is 0.0837. The molecule has 4 rings (SSSR count). The zero-order valence-corrected chi connectivity index (χ0v) is 18.6. The molecule has 1 fully saturated rings. The number of benzene rings is 1. The molecule has 32 heavy (non-hydrogen) atoms. The van der Waals surface area contributed by atoms with E-state index < -0.39 is 22.0 Å². The highest BCUT2D eigenvalue weighted by molar-refractivity contribution is 7.89. The van der Waals surface area contributed by atoms with Crippen molar-refractivity contribution in [2.24, 2.45) is 7.05 Å². The fourth-order valence-electron chi connectivity index (χ4n) is 3.67. The van der Waals surface area contributed by atoms with Crippen LogP contribution in [0, 0.1) is 0 Å². The van der Waals surface area contributed by atoms with Gasteiger partial charge in [-0.3, -0.25) is 4.79 Å². The summed E-state index contributed by atoms with van der Waals surface area (Å²) in [5.74, 6) is 1.24. The fraction of sp³-hybridized carbons (Fsp3) is 0.476. The third-order valence-electron chi connectivity index (χ3n) is 5.45. The SMILES string of the molecule is Cn1cc(S(=O)(=O)N2CCCCC2)cc1C(=O)NCC(O)COc1ccc2c(c1)OCO2. The van der Waals surface area contributed by atoms with Gasteiger partial charge in [0.25, 0.3) is 5.91 Å². The Morgan fingerprint density at radius 1 is 1.19 bits per heavy atom. The number of nitrogens with zero attached hydrogens (tertiary/aromatic N) is 2. The highest BCUT2D eigenvalue weighted by Gasteiger charge is 2.28. The number of piperidine rings is 1. The summed E-state index contributed by atoms with van der Waals surface area (Å²) in [6.45, 7) is 1.06. The van der Waals surface area contributed by atoms with Crippen LogP contribution in [0.2, 0.25) is 0 Å². The summed E-state index contributed by atoms with van der Waals surface area (Å²) in [5.41, 5.74) is 0.199. The van der Waals surface area contributed by atoms with Crippen molar-refractivity contribution in [1.82, 2.24) is 14.2 Å². The minimum Gasteiger partial charge on any atom is -0.491 e. The highest BCUT2D eigenvalue weighted by atomic mass is 32.2. The zero-order valence-electron chi connectivity index (χ0n) is 17.8. The number of fused-ring (bicyclic) bond motifs is 1. The number of aromatic nitrogens is 1. The number of hydrogen-bond donors (Lipinski definition) is 2. The second-order valence-electron chi connectivity index (χ2n) is 7.83. The van der Waals surface area contributed by atoms with Gasteiger partial charge in [-0.25, -0.2) is 8.42 Å². The maximum absolute atomic E-state index is 12.8. The minimum absolute atomic E-state index is 0.0400. The molecule has 0 radical (unpaired) electrons. The molecule has 1 saturated heterocycles. The summed E-state index contributed by atoms with van der Waals surface area (Å²) in [6, 6.07) is 6.46. The first-order valence-electron chi connectivity index (χ1n) is 10.5. The van der Waals surface area contributed by atoms with E-state index in [-0.39, 0.29) is 30.5 Å². The van der Waals surface area contributed by atoms with Crippen molar-refractivity contribution in [3.63, 3.8) is 0 Å². The number of carbonyl (C=O) groups excluding carboxylic acids is 1. The van der Waals surface area contributed by atoms with Crippen LogP contribution >= 0.6 is 0 Å². The first-order chi connectivity index (χ1) is 15.3. The lowest BCUT2D eigenvalue weighted by Crippen LogP contribution is -2.36. The Hall–Kier alpha value is -2.76. The van der Waals surface area contributed by atoms with E-state index >= 15 is 0 Å². The second kappa shape index (κ2) is 9.39. The van der Waals surface area contributed by atoms with E-state index in [1.807, 2.05) is 0 Å². The molecule has 1 amide bonds. The molecule has 1 unspecified atom stereocenters. The number of rotatable bonds is 8. The topological polar surface area (TPSA) is 119 Å². The van der Waals surface area contributed by atoms with Gasteiger partial charge in [-0.2, -0.15) is 4.31 Å². The number of sulfonamides is 1. The van der Waals surface area contributed by atoms with Crippen molar-refractivity contribution < 1.29 is 32.5 Å². The number of ether oxygens (including phenoxy) is 3. The Kier molecular flexibility index (Phi) is 6.58. The van der Waals surface area contributed by atoms with Gasteiger partial charge in [0.05, 0.1) is 0 Å². The third-order valence-corrected chi connectivity index (χ3v) is 7.31. The summed E-state index contributed by atoms with van der Waals surface area (Å²) in [7, 11) is -2.01. The molecule has 2 aliphatic heterocycles. The monoisotopic (exact) mass is 465 g/mol. The summed E-state index contributed by atoms with van der Waals surface area (Å²) in [4.78, 5) is 12.7. The quantitative estimate of drug-likeness (QED) is 0.599. The van der Waals surface area contributed by atoms with Crippen LogP contribution in [0.25, 0.3) is 0 Å². The third kappa shape index (κ3) is 4.84. The smallest absolute Gasteiger partial charge is 0.268 e. The van der Waals surface area contributed by atoms with E-state index in [4.69, 9.17) is 14.2 Å². The molecule has 3 heterocycles. The van der Waals surface area contributed by atoms with Crippen LogP contribution in [0.1, 0.15) is 29.8 Å². The molecule has 1 aromatic heterocycles. The van der Waals surface area contributed by atoms with Gasteiger partial charge in [-0.15, -0.1) is 0 Å². The van der Waals surface area contributed by atoms with Crippen molar-refractivity contribution >= 4 is 15.9 Å². The van der Waals surface area contributed by atoms with E-state index in [0.29, 0.717) is 30.3 Å². The normalized spacial score (nSPS) is 17.2. The number of aryl methyl sites for hydroxylation is 1. The predicted molar refractivity (Wildman–Crippen MR) is 114 cm³/mol. The lowest BCUT2D eigenvalue weighted by Gasteiger charge is -2.25. The van der Waals surface area contributed by atoms with Gasteiger partial charge in [0.1, 0.15) is 29.0 Å². The molecule has 0 spiro atoms. The largest absolute Gasteiger partial charge is 0.491 e. The van der Waals surface area contributed by atoms with Crippen LogP contribution in [-0.4, -0.2) is 67.4 Å². The van der Waals surface area contributed by atoms with Crippen LogP contribution in [-0.2, 0) is 17.1 Å². The Morgan fingerprint density at radius 2 is 1.94 bits per heavy atom. The Bertz CT molecular complexity index is 1080. The Morgan fingerprint density at radius 3 is 2.72 bits per heavy atom. The van der Waals surface area contributed by atoms with E-state index in [9.17, 15) is 18.3 Å². The maximum atomic E-state index is 12.8. The Labute approximate surface area is 186 Å². The first kappa shape index (κ1) is 22.4. The molecule has 10 nitrogen and oxygen atoms in total. The number of nitrogens with one attached hydrogen (secondary N) is 1. The molecule has 1 atom stereocenters. The van der Waals surface area contributed by atoms with E-state index in [0.717, 1.165) is 19.3 Å². The Balaban J connectivity index is 1.31. The van der Waals surface area contributed by atoms with Gasteiger partial charge in [0, 0.05) is 38.9 Å². The van der Waals surface area contributed by atoms with Crippen LogP contribution in [0.4, 0.5) is 0 Å². The van der Waals surface area contributed by atoms with Crippen molar-refractivity contribution in [1.29, 1.82) is 0 Å².